The predicted octanol–water partition coefficient (Wildman–Crippen LogP) is 0.936. The molecule has 0 aromatic heterocycles. The molecule has 0 bridgehead atoms. The number of nitrogens with zero attached hydrogens (tertiary/aromatic N) is 3. The van der Waals surface area contributed by atoms with Crippen LogP contribution in [0.25, 0.3) is 0 Å². The van der Waals surface area contributed by atoms with Gasteiger partial charge in [-0.05, 0) is 26.0 Å². The van der Waals surface area contributed by atoms with Gasteiger partial charge in [-0.3, -0.25) is 24.1 Å². The number of benzene rings is 1. The molecule has 27 heavy (non-hydrogen) atoms. The number of urea groups is 1. The van der Waals surface area contributed by atoms with Crippen molar-refractivity contribution in [3.63, 3.8) is 0 Å². The van der Waals surface area contributed by atoms with Crippen LogP contribution < -0.4 is 5.32 Å². The third-order valence-electron chi connectivity index (χ3n) is 3.85. The lowest BCUT2D eigenvalue weighted by molar-refractivity contribution is -0.145. The summed E-state index contributed by atoms with van der Waals surface area (Å²) in [6.45, 7) is 2.23. The number of nitrogens with one attached hydrogen (secondary N) is 1. The molecule has 0 radical (unpaired) electrons. The third-order valence-corrected chi connectivity index (χ3v) is 4.18. The molecule has 9 nitrogen and oxygen atoms in total. The second-order valence-corrected chi connectivity index (χ2v) is 6.63. The summed E-state index contributed by atoms with van der Waals surface area (Å²) in [6.07, 6.45) is 0. The molecular formula is C17H19ClN4O5. The Morgan fingerprint density at radius 1 is 1.15 bits per heavy atom. The van der Waals surface area contributed by atoms with Crippen LogP contribution >= 0.6 is 11.6 Å². The Balaban J connectivity index is 1.96. The maximum Gasteiger partial charge on any atom is 0.334 e. The van der Waals surface area contributed by atoms with E-state index in [-0.39, 0.29) is 6.54 Å². The second-order valence-electron chi connectivity index (χ2n) is 6.22. The average Bonchev–Trinajstić information content (AvgIpc) is 2.80. The number of carbonyl (C=O) groups excluding carboxylic acids is 5. The van der Waals surface area contributed by atoms with Gasteiger partial charge in [-0.15, -0.1) is 0 Å². The highest BCUT2D eigenvalue weighted by Gasteiger charge is 2.46. The largest absolute Gasteiger partial charge is 0.335 e. The Labute approximate surface area is 160 Å². The van der Waals surface area contributed by atoms with E-state index in [0.717, 1.165) is 9.80 Å². The zero-order chi connectivity index (χ0) is 20.3. The molecular weight excluding hydrogens is 376 g/mol. The first-order valence-electron chi connectivity index (χ1n) is 8.10. The number of hydrogen-bond acceptors (Lipinski definition) is 5. The van der Waals surface area contributed by atoms with E-state index >= 15 is 0 Å². The molecule has 1 aliphatic heterocycles. The number of halogens is 1. The molecule has 1 fully saturated rings. The number of imide groups is 2. The van der Waals surface area contributed by atoms with Gasteiger partial charge in [0.15, 0.2) is 0 Å². The highest BCUT2D eigenvalue weighted by atomic mass is 35.5. The van der Waals surface area contributed by atoms with Crippen LogP contribution in [-0.2, 0) is 19.2 Å². The van der Waals surface area contributed by atoms with Crippen LogP contribution in [0.3, 0.4) is 0 Å². The van der Waals surface area contributed by atoms with Gasteiger partial charge in [-0.1, -0.05) is 23.7 Å². The summed E-state index contributed by atoms with van der Waals surface area (Å²) < 4.78 is 0. The highest BCUT2D eigenvalue weighted by molar-refractivity contribution is 6.45. The van der Waals surface area contributed by atoms with Crippen molar-refractivity contribution in [3.05, 3.63) is 29.3 Å². The van der Waals surface area contributed by atoms with Crippen molar-refractivity contribution >= 4 is 46.9 Å². The first kappa shape index (κ1) is 20.4. The summed E-state index contributed by atoms with van der Waals surface area (Å²) in [5.41, 5.74) is 0.396. The van der Waals surface area contributed by atoms with E-state index in [0.29, 0.717) is 15.6 Å². The quantitative estimate of drug-likeness (QED) is 0.570. The number of hydrogen-bond donors (Lipinski definition) is 1. The molecule has 6 amide bonds. The Morgan fingerprint density at radius 3 is 2.33 bits per heavy atom. The van der Waals surface area contributed by atoms with Gasteiger partial charge < -0.3 is 10.2 Å². The van der Waals surface area contributed by atoms with E-state index in [2.05, 4.69) is 5.32 Å². The Morgan fingerprint density at radius 2 is 1.78 bits per heavy atom. The van der Waals surface area contributed by atoms with E-state index in [9.17, 15) is 24.0 Å². The predicted molar refractivity (Wildman–Crippen MR) is 96.8 cm³/mol. The van der Waals surface area contributed by atoms with Crippen LogP contribution in [0.4, 0.5) is 10.5 Å². The molecule has 0 aliphatic carbocycles. The lowest BCUT2D eigenvalue weighted by Gasteiger charge is -2.21. The molecule has 10 heteroatoms. The van der Waals surface area contributed by atoms with Crippen molar-refractivity contribution in [3.8, 4) is 0 Å². The Bertz CT molecular complexity index is 810. The Kier molecular flexibility index (Phi) is 6.17. The van der Waals surface area contributed by atoms with Gasteiger partial charge in [0, 0.05) is 13.1 Å². The number of para-hydroxylation sites is 1. The van der Waals surface area contributed by atoms with Crippen molar-refractivity contribution in [2.24, 2.45) is 0 Å². The van der Waals surface area contributed by atoms with Crippen LogP contribution in [0.1, 0.15) is 13.8 Å². The van der Waals surface area contributed by atoms with Crippen LogP contribution in [0, 0.1) is 0 Å². The van der Waals surface area contributed by atoms with E-state index in [1.165, 1.54) is 7.05 Å². The first-order valence-corrected chi connectivity index (χ1v) is 8.48. The van der Waals surface area contributed by atoms with Crippen LogP contribution in [0.5, 0.6) is 0 Å². The fraction of sp³-hybridized carbons (Fsp3) is 0.353. The lowest BCUT2D eigenvalue weighted by Crippen LogP contribution is -2.44. The average molecular weight is 395 g/mol. The smallest absolute Gasteiger partial charge is 0.334 e. The molecule has 1 aromatic rings. The van der Waals surface area contributed by atoms with Gasteiger partial charge in [0.2, 0.25) is 11.8 Å². The standard InChI is InChI=1S/C17H19ClN4O5/c1-10(2)22-16(26)15(25)21(17(22)27)9-14(24)20(3)8-13(23)19-12-7-5-4-6-11(12)18/h4-7,10H,8-9H2,1-3H3,(H,19,23). The minimum atomic E-state index is -1.06. The maximum atomic E-state index is 12.3. The van der Waals surface area contributed by atoms with Gasteiger partial charge in [-0.25, -0.2) is 9.69 Å². The zero-order valence-electron chi connectivity index (χ0n) is 15.1. The molecule has 1 N–H and O–H groups in total. The van der Waals surface area contributed by atoms with Gasteiger partial charge in [0.05, 0.1) is 17.3 Å². The third kappa shape index (κ3) is 4.43. The zero-order valence-corrected chi connectivity index (χ0v) is 15.8. The van der Waals surface area contributed by atoms with Crippen LogP contribution in [0.2, 0.25) is 5.02 Å². The van der Waals surface area contributed by atoms with E-state index < -0.39 is 42.2 Å². The molecule has 1 saturated heterocycles. The van der Waals surface area contributed by atoms with Crippen molar-refractivity contribution in [1.29, 1.82) is 0 Å². The molecule has 1 aromatic carbocycles. The molecule has 144 valence electrons. The van der Waals surface area contributed by atoms with Gasteiger partial charge >= 0.3 is 17.8 Å². The summed E-state index contributed by atoms with van der Waals surface area (Å²) in [7, 11) is 1.35. The maximum absolute atomic E-state index is 12.3. The number of carbonyl (C=O) groups is 5. The first-order chi connectivity index (χ1) is 12.6. The van der Waals surface area contributed by atoms with Gasteiger partial charge in [0.25, 0.3) is 0 Å². The van der Waals surface area contributed by atoms with Crippen molar-refractivity contribution in [2.45, 2.75) is 19.9 Å². The van der Waals surface area contributed by atoms with Crippen molar-refractivity contribution in [2.75, 3.05) is 25.5 Å². The number of amides is 6. The fourth-order valence-electron chi connectivity index (χ4n) is 2.43. The second kappa shape index (κ2) is 8.17. The number of likely N-dealkylation sites (N-methyl/N-ethyl adjacent to an activating group) is 1. The van der Waals surface area contributed by atoms with Crippen LogP contribution in [-0.4, -0.2) is 70.5 Å². The minimum Gasteiger partial charge on any atom is -0.335 e. The molecule has 0 saturated carbocycles. The number of rotatable bonds is 6. The summed E-state index contributed by atoms with van der Waals surface area (Å²) in [5.74, 6) is -3.19. The minimum absolute atomic E-state index is 0.317. The molecule has 1 heterocycles. The van der Waals surface area contributed by atoms with E-state index in [1.54, 1.807) is 38.1 Å². The Hall–Kier alpha value is -2.94. The number of anilines is 1. The van der Waals surface area contributed by atoms with E-state index in [1.807, 2.05) is 0 Å². The summed E-state index contributed by atoms with van der Waals surface area (Å²) in [4.78, 5) is 62.7. The SMILES string of the molecule is CC(C)N1C(=O)C(=O)N(CC(=O)N(C)CC(=O)Nc2ccccc2Cl)C1=O. The molecule has 2 rings (SSSR count). The highest BCUT2D eigenvalue weighted by Crippen LogP contribution is 2.20. The van der Waals surface area contributed by atoms with Crippen molar-refractivity contribution in [1.82, 2.24) is 14.7 Å². The monoisotopic (exact) mass is 394 g/mol. The fourth-order valence-corrected chi connectivity index (χ4v) is 2.61. The topological polar surface area (TPSA) is 107 Å². The lowest BCUT2D eigenvalue weighted by atomic mass is 10.3. The van der Waals surface area contributed by atoms with Gasteiger partial charge in [-0.2, -0.15) is 0 Å². The van der Waals surface area contributed by atoms with Gasteiger partial charge in [0.1, 0.15) is 6.54 Å². The molecule has 0 unspecified atom stereocenters. The molecule has 1 aliphatic rings. The summed E-state index contributed by atoms with van der Waals surface area (Å²) in [6, 6.07) is 5.26. The van der Waals surface area contributed by atoms with Crippen LogP contribution in [0.15, 0.2) is 24.3 Å². The molecule has 0 atom stereocenters. The van der Waals surface area contributed by atoms with Crippen molar-refractivity contribution < 1.29 is 24.0 Å². The normalized spacial score (nSPS) is 14.2. The summed E-state index contributed by atoms with van der Waals surface area (Å²) >= 11 is 5.95. The van der Waals surface area contributed by atoms with E-state index in [4.69, 9.17) is 11.6 Å². The summed E-state index contributed by atoms with van der Waals surface area (Å²) in [5, 5.41) is 2.91. The molecule has 0 spiro atoms.